The van der Waals surface area contributed by atoms with Crippen molar-refractivity contribution in [1.82, 2.24) is 20.1 Å². The van der Waals surface area contributed by atoms with Crippen molar-refractivity contribution in [3.8, 4) is 5.88 Å². The van der Waals surface area contributed by atoms with Crippen LogP contribution in [0.4, 0.5) is 10.5 Å². The average Bonchev–Trinajstić information content (AvgIpc) is 3.43. The number of carbonyl (C=O) groups excluding carboxylic acids is 1. The van der Waals surface area contributed by atoms with Gasteiger partial charge in [0.05, 0.1) is 6.54 Å². The predicted octanol–water partition coefficient (Wildman–Crippen LogP) is 3.97. The molecule has 2 amide bonds. The minimum absolute atomic E-state index is 0.228. The van der Waals surface area contributed by atoms with Gasteiger partial charge in [-0.2, -0.15) is 5.10 Å². The van der Waals surface area contributed by atoms with Crippen LogP contribution < -0.4 is 15.4 Å². The first-order chi connectivity index (χ1) is 14.3. The first-order valence-corrected chi connectivity index (χ1v) is 9.98. The Morgan fingerprint density at radius 3 is 2.72 bits per heavy atom. The number of hydrogen-bond acceptors (Lipinski definition) is 4. The molecule has 4 rings (SSSR count). The van der Waals surface area contributed by atoms with Crippen LogP contribution in [0.5, 0.6) is 5.88 Å². The molecular formula is C22H25N5O2. The second-order valence-corrected chi connectivity index (χ2v) is 7.16. The van der Waals surface area contributed by atoms with Crippen molar-refractivity contribution in [1.29, 1.82) is 0 Å². The number of carbonyl (C=O) groups is 1. The van der Waals surface area contributed by atoms with Crippen LogP contribution >= 0.6 is 0 Å². The SMILES string of the molecule is O=C(NCc1cccnc1OC1CCCC1)Nc1ccccc1Cn1cccn1. The van der Waals surface area contributed by atoms with Gasteiger partial charge in [-0.1, -0.05) is 24.3 Å². The summed E-state index contributed by atoms with van der Waals surface area (Å²) in [5.41, 5.74) is 2.62. The van der Waals surface area contributed by atoms with E-state index in [0.29, 0.717) is 19.0 Å². The zero-order valence-corrected chi connectivity index (χ0v) is 16.3. The number of pyridine rings is 1. The molecular weight excluding hydrogens is 366 g/mol. The van der Waals surface area contributed by atoms with E-state index in [9.17, 15) is 4.79 Å². The number of aromatic nitrogens is 3. The lowest BCUT2D eigenvalue weighted by Crippen LogP contribution is -2.29. The quantitative estimate of drug-likeness (QED) is 0.639. The molecule has 0 aliphatic heterocycles. The van der Waals surface area contributed by atoms with Gasteiger partial charge in [0.25, 0.3) is 0 Å². The standard InChI is InChI=1S/C22H25N5O2/c28-22(26-20-11-4-1-7-18(20)16-27-14-6-13-25-27)24-15-17-8-5-12-23-21(17)29-19-9-2-3-10-19/h1,4-8,11-14,19H,2-3,9-10,15-16H2,(H2,24,26,28). The van der Waals surface area contributed by atoms with Crippen LogP contribution in [0.2, 0.25) is 0 Å². The van der Waals surface area contributed by atoms with Gasteiger partial charge >= 0.3 is 6.03 Å². The number of ether oxygens (including phenoxy) is 1. The average molecular weight is 391 g/mol. The summed E-state index contributed by atoms with van der Waals surface area (Å²) in [4.78, 5) is 16.8. The number of anilines is 1. The molecule has 1 aromatic carbocycles. The molecule has 7 nitrogen and oxygen atoms in total. The largest absolute Gasteiger partial charge is 0.474 e. The summed E-state index contributed by atoms with van der Waals surface area (Å²) in [7, 11) is 0. The second-order valence-electron chi connectivity index (χ2n) is 7.16. The van der Waals surface area contributed by atoms with Crippen LogP contribution in [-0.2, 0) is 13.1 Å². The normalized spacial score (nSPS) is 13.9. The third-order valence-corrected chi connectivity index (χ3v) is 5.03. The lowest BCUT2D eigenvalue weighted by atomic mass is 10.2. The minimum Gasteiger partial charge on any atom is -0.474 e. The highest BCUT2D eigenvalue weighted by Crippen LogP contribution is 2.25. The predicted molar refractivity (Wildman–Crippen MR) is 111 cm³/mol. The van der Waals surface area contributed by atoms with Crippen LogP contribution in [0.25, 0.3) is 0 Å². The van der Waals surface area contributed by atoms with E-state index in [2.05, 4.69) is 20.7 Å². The van der Waals surface area contributed by atoms with E-state index in [-0.39, 0.29) is 12.1 Å². The van der Waals surface area contributed by atoms with Gasteiger partial charge in [0.1, 0.15) is 6.10 Å². The van der Waals surface area contributed by atoms with Crippen LogP contribution in [0, 0.1) is 0 Å². The maximum Gasteiger partial charge on any atom is 0.319 e. The van der Waals surface area contributed by atoms with Crippen LogP contribution in [0.15, 0.2) is 61.1 Å². The Morgan fingerprint density at radius 1 is 1.07 bits per heavy atom. The first-order valence-electron chi connectivity index (χ1n) is 9.98. The van der Waals surface area contributed by atoms with Crippen molar-refractivity contribution >= 4 is 11.7 Å². The molecule has 2 N–H and O–H groups in total. The fraction of sp³-hybridized carbons (Fsp3) is 0.318. The summed E-state index contributed by atoms with van der Waals surface area (Å²) in [6.45, 7) is 0.939. The highest BCUT2D eigenvalue weighted by atomic mass is 16.5. The fourth-order valence-corrected chi connectivity index (χ4v) is 3.52. The van der Waals surface area contributed by atoms with Crippen molar-refractivity contribution in [2.45, 2.75) is 44.9 Å². The molecule has 1 aliphatic carbocycles. The Balaban J connectivity index is 1.36. The first kappa shape index (κ1) is 19.0. The number of amides is 2. The lowest BCUT2D eigenvalue weighted by molar-refractivity contribution is 0.199. The van der Waals surface area contributed by atoms with Gasteiger partial charge in [0, 0.05) is 36.4 Å². The third-order valence-electron chi connectivity index (χ3n) is 5.03. The minimum atomic E-state index is -0.270. The summed E-state index contributed by atoms with van der Waals surface area (Å²) < 4.78 is 7.86. The fourth-order valence-electron chi connectivity index (χ4n) is 3.52. The van der Waals surface area contributed by atoms with E-state index >= 15 is 0 Å². The zero-order valence-electron chi connectivity index (χ0n) is 16.3. The Kier molecular flexibility index (Phi) is 6.04. The Morgan fingerprint density at radius 2 is 1.90 bits per heavy atom. The molecule has 1 aliphatic rings. The lowest BCUT2D eigenvalue weighted by Gasteiger charge is -2.16. The number of benzene rings is 1. The van der Waals surface area contributed by atoms with Crippen molar-refractivity contribution in [2.24, 2.45) is 0 Å². The van der Waals surface area contributed by atoms with Crippen molar-refractivity contribution < 1.29 is 9.53 Å². The van der Waals surface area contributed by atoms with Crippen molar-refractivity contribution in [2.75, 3.05) is 5.32 Å². The van der Waals surface area contributed by atoms with E-state index < -0.39 is 0 Å². The van der Waals surface area contributed by atoms with Gasteiger partial charge in [0.15, 0.2) is 0 Å². The van der Waals surface area contributed by atoms with Gasteiger partial charge in [-0.25, -0.2) is 9.78 Å². The molecule has 0 saturated heterocycles. The molecule has 7 heteroatoms. The molecule has 29 heavy (non-hydrogen) atoms. The number of rotatable bonds is 7. The highest BCUT2D eigenvalue weighted by Gasteiger charge is 2.18. The summed E-state index contributed by atoms with van der Waals surface area (Å²) >= 11 is 0. The molecule has 1 fully saturated rings. The van der Waals surface area contributed by atoms with Crippen LogP contribution in [-0.4, -0.2) is 26.9 Å². The zero-order chi connectivity index (χ0) is 19.9. The third kappa shape index (κ3) is 5.13. The molecule has 0 unspecified atom stereocenters. The van der Waals surface area contributed by atoms with Gasteiger partial charge in [-0.3, -0.25) is 4.68 Å². The molecule has 0 spiro atoms. The van der Waals surface area contributed by atoms with Crippen molar-refractivity contribution in [3.05, 3.63) is 72.2 Å². The maximum atomic E-state index is 12.5. The number of urea groups is 1. The van der Waals surface area contributed by atoms with Gasteiger partial charge in [-0.15, -0.1) is 0 Å². The molecule has 0 bridgehead atoms. The number of nitrogens with one attached hydrogen (secondary N) is 2. The summed E-state index contributed by atoms with van der Waals surface area (Å²) in [6.07, 6.45) is 10.1. The van der Waals surface area contributed by atoms with E-state index in [1.807, 2.05) is 53.3 Å². The summed E-state index contributed by atoms with van der Waals surface area (Å²) in [5.74, 6) is 0.610. The van der Waals surface area contributed by atoms with Gasteiger partial charge in [0.2, 0.25) is 5.88 Å². The highest BCUT2D eigenvalue weighted by molar-refractivity contribution is 5.90. The Hall–Kier alpha value is -3.35. The van der Waals surface area contributed by atoms with Crippen LogP contribution in [0.1, 0.15) is 36.8 Å². The smallest absolute Gasteiger partial charge is 0.319 e. The van der Waals surface area contributed by atoms with Gasteiger partial charge in [-0.05, 0) is 49.4 Å². The van der Waals surface area contributed by atoms with E-state index in [0.717, 1.165) is 29.7 Å². The molecule has 150 valence electrons. The van der Waals surface area contributed by atoms with Gasteiger partial charge < -0.3 is 15.4 Å². The van der Waals surface area contributed by atoms with E-state index in [1.54, 1.807) is 12.4 Å². The monoisotopic (exact) mass is 391 g/mol. The number of nitrogens with zero attached hydrogens (tertiary/aromatic N) is 3. The van der Waals surface area contributed by atoms with Crippen LogP contribution in [0.3, 0.4) is 0 Å². The summed E-state index contributed by atoms with van der Waals surface area (Å²) in [5, 5.41) is 10.1. The number of para-hydroxylation sites is 1. The summed E-state index contributed by atoms with van der Waals surface area (Å²) in [6, 6.07) is 13.1. The molecule has 3 aromatic rings. The second kappa shape index (κ2) is 9.23. The molecule has 1 saturated carbocycles. The van der Waals surface area contributed by atoms with E-state index in [4.69, 9.17) is 4.74 Å². The Bertz CT molecular complexity index is 936. The number of hydrogen-bond donors (Lipinski definition) is 2. The molecule has 0 atom stereocenters. The maximum absolute atomic E-state index is 12.5. The molecule has 0 radical (unpaired) electrons. The Labute approximate surface area is 170 Å². The van der Waals surface area contributed by atoms with E-state index in [1.165, 1.54) is 12.8 Å². The topological polar surface area (TPSA) is 81.1 Å². The molecule has 2 aromatic heterocycles. The molecule has 2 heterocycles. The van der Waals surface area contributed by atoms with Crippen molar-refractivity contribution in [3.63, 3.8) is 0 Å².